The molecule has 0 aliphatic rings. The highest BCUT2D eigenvalue weighted by Crippen LogP contribution is 2.24. The third kappa shape index (κ3) is 3.68. The van der Waals surface area contributed by atoms with Gasteiger partial charge in [-0.05, 0) is 24.1 Å². The predicted octanol–water partition coefficient (Wildman–Crippen LogP) is 2.52. The van der Waals surface area contributed by atoms with Crippen LogP contribution in [0.3, 0.4) is 0 Å². The third-order valence-corrected chi connectivity index (χ3v) is 3.66. The number of carbonyl (C=O) groups excluding carboxylic acids is 1. The van der Waals surface area contributed by atoms with Gasteiger partial charge in [-0.25, -0.2) is 4.98 Å². The number of benzene rings is 1. The average molecular weight is 320 g/mol. The number of amides is 1. The molecule has 2 aromatic rings. The molecule has 1 heterocycles. The number of pyridine rings is 1. The van der Waals surface area contributed by atoms with Crippen molar-refractivity contribution in [3.63, 3.8) is 0 Å². The fraction of sp³-hybridized carbons (Fsp3) is 0.250. The van der Waals surface area contributed by atoms with Crippen LogP contribution in [0.5, 0.6) is 5.75 Å². The van der Waals surface area contributed by atoms with Gasteiger partial charge in [-0.15, -0.1) is 0 Å². The van der Waals surface area contributed by atoms with Crippen LogP contribution in [0.15, 0.2) is 36.5 Å². The van der Waals surface area contributed by atoms with E-state index in [9.17, 15) is 4.79 Å². The van der Waals surface area contributed by atoms with E-state index in [2.05, 4.69) is 4.98 Å². The van der Waals surface area contributed by atoms with Gasteiger partial charge >= 0.3 is 0 Å². The van der Waals surface area contributed by atoms with Crippen molar-refractivity contribution in [1.29, 1.82) is 0 Å². The molecule has 0 radical (unpaired) electrons. The van der Waals surface area contributed by atoms with Gasteiger partial charge in [0.15, 0.2) is 0 Å². The van der Waals surface area contributed by atoms with E-state index in [-0.39, 0.29) is 0 Å². The lowest BCUT2D eigenvalue weighted by Crippen LogP contribution is -2.22. The Hall–Kier alpha value is -2.27. The number of halogens is 1. The largest absolute Gasteiger partial charge is 0.496 e. The number of rotatable bonds is 6. The number of primary amides is 1. The van der Waals surface area contributed by atoms with Gasteiger partial charge in [-0.2, -0.15) is 0 Å². The molecular weight excluding hydrogens is 302 g/mol. The summed E-state index contributed by atoms with van der Waals surface area (Å²) in [6, 6.07) is 9.41. The van der Waals surface area contributed by atoms with Crippen molar-refractivity contribution in [2.45, 2.75) is 6.42 Å². The van der Waals surface area contributed by atoms with Crippen molar-refractivity contribution < 1.29 is 9.53 Å². The lowest BCUT2D eigenvalue weighted by molar-refractivity contribution is 0.1000. The summed E-state index contributed by atoms with van der Waals surface area (Å²) in [5.41, 5.74) is 6.62. The summed E-state index contributed by atoms with van der Waals surface area (Å²) in [5.74, 6) is 0.929. The zero-order chi connectivity index (χ0) is 16.1. The van der Waals surface area contributed by atoms with Crippen LogP contribution in [0.2, 0.25) is 5.02 Å². The minimum atomic E-state index is -0.544. The standard InChI is InChI=1S/C16H18ClN3O2/c1-20(8-7-11-5-3-4-6-14(11)22-2)16-13(17)9-12(10-19-16)15(18)21/h3-6,9-10H,7-8H2,1-2H3,(H2,18,21). The van der Waals surface area contributed by atoms with Crippen LogP contribution < -0.4 is 15.4 Å². The molecule has 6 heteroatoms. The number of likely N-dealkylation sites (N-methyl/N-ethyl adjacent to an activating group) is 1. The molecule has 1 aromatic heterocycles. The number of nitrogens with zero attached hydrogens (tertiary/aromatic N) is 2. The molecule has 5 nitrogen and oxygen atoms in total. The van der Waals surface area contributed by atoms with E-state index in [1.807, 2.05) is 36.2 Å². The second kappa shape index (κ2) is 7.13. The third-order valence-electron chi connectivity index (χ3n) is 3.38. The van der Waals surface area contributed by atoms with E-state index in [1.54, 1.807) is 7.11 Å². The molecule has 1 amide bonds. The molecule has 0 bridgehead atoms. The van der Waals surface area contributed by atoms with Crippen LogP contribution in [0.1, 0.15) is 15.9 Å². The minimum Gasteiger partial charge on any atom is -0.496 e. The van der Waals surface area contributed by atoms with Crippen LogP contribution in [0.4, 0.5) is 5.82 Å². The van der Waals surface area contributed by atoms with Crippen LogP contribution >= 0.6 is 11.6 Å². The molecule has 0 saturated heterocycles. The fourth-order valence-electron chi connectivity index (χ4n) is 2.15. The molecule has 0 spiro atoms. The van der Waals surface area contributed by atoms with E-state index in [1.165, 1.54) is 12.3 Å². The number of aromatic nitrogens is 1. The Morgan fingerprint density at radius 3 is 2.77 bits per heavy atom. The number of nitrogens with two attached hydrogens (primary N) is 1. The van der Waals surface area contributed by atoms with Crippen molar-refractivity contribution in [3.05, 3.63) is 52.7 Å². The van der Waals surface area contributed by atoms with E-state index >= 15 is 0 Å². The fourth-order valence-corrected chi connectivity index (χ4v) is 2.46. The minimum absolute atomic E-state index is 0.298. The first-order chi connectivity index (χ1) is 10.5. The van der Waals surface area contributed by atoms with Gasteiger partial charge in [0.25, 0.3) is 0 Å². The Morgan fingerprint density at radius 2 is 2.14 bits per heavy atom. The Morgan fingerprint density at radius 1 is 1.41 bits per heavy atom. The summed E-state index contributed by atoms with van der Waals surface area (Å²) < 4.78 is 5.34. The smallest absolute Gasteiger partial charge is 0.250 e. The predicted molar refractivity (Wildman–Crippen MR) is 87.7 cm³/mol. The zero-order valence-corrected chi connectivity index (χ0v) is 13.3. The zero-order valence-electron chi connectivity index (χ0n) is 12.5. The van der Waals surface area contributed by atoms with Crippen molar-refractivity contribution >= 4 is 23.3 Å². The van der Waals surface area contributed by atoms with Crippen molar-refractivity contribution in [2.75, 3.05) is 25.6 Å². The molecule has 0 aliphatic carbocycles. The number of carbonyl (C=O) groups is 1. The average Bonchev–Trinajstić information content (AvgIpc) is 2.52. The van der Waals surface area contributed by atoms with Gasteiger partial charge in [-0.3, -0.25) is 4.79 Å². The topological polar surface area (TPSA) is 68.4 Å². The maximum Gasteiger partial charge on any atom is 0.250 e. The normalized spacial score (nSPS) is 10.3. The van der Waals surface area contributed by atoms with Crippen LogP contribution in [0.25, 0.3) is 0 Å². The molecule has 0 fully saturated rings. The molecule has 2 rings (SSSR count). The van der Waals surface area contributed by atoms with Crippen molar-refractivity contribution in [1.82, 2.24) is 4.98 Å². The quantitative estimate of drug-likeness (QED) is 0.888. The van der Waals surface area contributed by atoms with E-state index in [4.69, 9.17) is 22.1 Å². The molecular formula is C16H18ClN3O2. The van der Waals surface area contributed by atoms with Crippen LogP contribution in [-0.2, 0) is 6.42 Å². The highest BCUT2D eigenvalue weighted by atomic mass is 35.5. The lowest BCUT2D eigenvalue weighted by atomic mass is 10.1. The molecule has 0 unspecified atom stereocenters. The van der Waals surface area contributed by atoms with E-state index in [0.29, 0.717) is 22.9 Å². The molecule has 116 valence electrons. The van der Waals surface area contributed by atoms with Gasteiger partial charge in [0.2, 0.25) is 5.91 Å². The Balaban J connectivity index is 2.09. The first kappa shape index (κ1) is 16.1. The number of ether oxygens (including phenoxy) is 1. The first-order valence-electron chi connectivity index (χ1n) is 6.81. The van der Waals surface area contributed by atoms with E-state index in [0.717, 1.165) is 17.7 Å². The molecule has 1 aromatic carbocycles. The summed E-state index contributed by atoms with van der Waals surface area (Å²) in [6.07, 6.45) is 2.22. The molecule has 0 saturated carbocycles. The van der Waals surface area contributed by atoms with Gasteiger partial charge < -0.3 is 15.4 Å². The SMILES string of the molecule is COc1ccccc1CCN(C)c1ncc(C(N)=O)cc1Cl. The molecule has 2 N–H and O–H groups in total. The summed E-state index contributed by atoms with van der Waals surface area (Å²) in [4.78, 5) is 17.3. The summed E-state index contributed by atoms with van der Waals surface area (Å²) in [5, 5.41) is 0.402. The highest BCUT2D eigenvalue weighted by molar-refractivity contribution is 6.33. The second-order valence-electron chi connectivity index (χ2n) is 4.88. The first-order valence-corrected chi connectivity index (χ1v) is 7.19. The summed E-state index contributed by atoms with van der Waals surface area (Å²) >= 11 is 6.17. The number of para-hydroxylation sites is 1. The number of anilines is 1. The number of hydrogen-bond acceptors (Lipinski definition) is 4. The van der Waals surface area contributed by atoms with Crippen molar-refractivity contribution in [2.24, 2.45) is 5.73 Å². The Kier molecular flexibility index (Phi) is 5.22. The van der Waals surface area contributed by atoms with Gasteiger partial charge in [0.05, 0.1) is 17.7 Å². The van der Waals surface area contributed by atoms with Gasteiger partial charge in [0.1, 0.15) is 11.6 Å². The highest BCUT2D eigenvalue weighted by Gasteiger charge is 2.12. The van der Waals surface area contributed by atoms with Crippen LogP contribution in [0, 0.1) is 0 Å². The second-order valence-corrected chi connectivity index (χ2v) is 5.28. The van der Waals surface area contributed by atoms with Gasteiger partial charge in [-0.1, -0.05) is 29.8 Å². The van der Waals surface area contributed by atoms with Gasteiger partial charge in [0, 0.05) is 19.8 Å². The van der Waals surface area contributed by atoms with Crippen molar-refractivity contribution in [3.8, 4) is 5.75 Å². The maximum absolute atomic E-state index is 11.1. The number of hydrogen-bond donors (Lipinski definition) is 1. The lowest BCUT2D eigenvalue weighted by Gasteiger charge is -2.20. The molecule has 22 heavy (non-hydrogen) atoms. The van der Waals surface area contributed by atoms with E-state index < -0.39 is 5.91 Å². The Labute approximate surface area is 134 Å². The summed E-state index contributed by atoms with van der Waals surface area (Å²) in [6.45, 7) is 0.711. The monoisotopic (exact) mass is 319 g/mol. The number of methoxy groups -OCH3 is 1. The van der Waals surface area contributed by atoms with Crippen LogP contribution in [-0.4, -0.2) is 31.6 Å². The molecule has 0 atom stereocenters. The maximum atomic E-state index is 11.1. The Bertz CT molecular complexity index is 676. The summed E-state index contributed by atoms with van der Waals surface area (Å²) in [7, 11) is 3.55. The molecule has 0 aliphatic heterocycles.